The number of imidazole rings is 1. The normalized spacial score (nSPS) is 16.5. The number of nitrogens with zero attached hydrogens (tertiary/aromatic N) is 4. The molecule has 0 fully saturated rings. The van der Waals surface area contributed by atoms with Crippen LogP contribution < -0.4 is 0 Å². The lowest BCUT2D eigenvalue weighted by molar-refractivity contribution is -0.133. The zero-order chi connectivity index (χ0) is 24.2. The molecule has 0 saturated heterocycles. The minimum Gasteiger partial charge on any atom is -0.356 e. The first-order valence-corrected chi connectivity index (χ1v) is 12.9. The highest BCUT2D eigenvalue weighted by atomic mass is 32.2. The van der Waals surface area contributed by atoms with E-state index in [1.807, 2.05) is 28.6 Å². The number of sulfonamides is 1. The number of nitrogens with one attached hydrogen (secondary N) is 1. The Bertz CT molecular complexity index is 1520. The molecule has 0 radical (unpaired) electrons. The average Bonchev–Trinajstić information content (AvgIpc) is 3.35. The summed E-state index contributed by atoms with van der Waals surface area (Å²) in [4.78, 5) is 23.5. The number of aromatic amines is 1. The van der Waals surface area contributed by atoms with Crippen LogP contribution in [0.4, 0.5) is 0 Å². The van der Waals surface area contributed by atoms with Gasteiger partial charge in [-0.25, -0.2) is 17.7 Å². The molecule has 1 N–H and O–H groups in total. The Labute approximate surface area is 199 Å². The van der Waals surface area contributed by atoms with E-state index in [1.54, 1.807) is 18.2 Å². The number of fused-ring (bicyclic) bond motifs is 4. The predicted octanol–water partition coefficient (Wildman–Crippen LogP) is 3.38. The largest absolute Gasteiger partial charge is 0.356 e. The number of rotatable bonds is 5. The molecule has 8 nitrogen and oxygen atoms in total. The molecule has 0 saturated carbocycles. The molecule has 1 aliphatic rings. The third-order valence-corrected chi connectivity index (χ3v) is 8.75. The fraction of sp³-hybridized carbons (Fsp3) is 0.360. The summed E-state index contributed by atoms with van der Waals surface area (Å²) in [6, 6.07) is 13.2. The molecule has 1 atom stereocenters. The Morgan fingerprint density at radius 3 is 2.74 bits per heavy atom. The highest BCUT2D eigenvalue weighted by molar-refractivity contribution is 7.89. The molecule has 0 spiro atoms. The number of H-pyrrole nitrogens is 1. The second-order valence-corrected chi connectivity index (χ2v) is 11.3. The smallest absolute Gasteiger partial charge is 0.242 e. The van der Waals surface area contributed by atoms with Gasteiger partial charge in [0.15, 0.2) is 0 Å². The number of carbonyl (C=O) groups excluding carboxylic acids is 1. The van der Waals surface area contributed by atoms with E-state index in [0.717, 1.165) is 29.0 Å². The van der Waals surface area contributed by atoms with Crippen LogP contribution in [0.15, 0.2) is 47.4 Å². The molecule has 1 amide bonds. The second kappa shape index (κ2) is 8.25. The van der Waals surface area contributed by atoms with Gasteiger partial charge in [-0.15, -0.1) is 0 Å². The zero-order valence-electron chi connectivity index (χ0n) is 19.9. The Kier molecular flexibility index (Phi) is 5.49. The molecule has 1 unspecified atom stereocenters. The van der Waals surface area contributed by atoms with Crippen molar-refractivity contribution in [3.8, 4) is 0 Å². The summed E-state index contributed by atoms with van der Waals surface area (Å²) in [6.45, 7) is 2.77. The molecule has 1 aliphatic heterocycles. The summed E-state index contributed by atoms with van der Waals surface area (Å²) in [6.07, 6.45) is 1.67. The van der Waals surface area contributed by atoms with Crippen molar-refractivity contribution in [1.82, 2.24) is 23.7 Å². The van der Waals surface area contributed by atoms with Gasteiger partial charge in [-0.1, -0.05) is 18.2 Å². The maximum atomic E-state index is 13.2. The van der Waals surface area contributed by atoms with Crippen molar-refractivity contribution in [1.29, 1.82) is 0 Å². The van der Waals surface area contributed by atoms with E-state index in [2.05, 4.69) is 29.0 Å². The van der Waals surface area contributed by atoms with Crippen molar-refractivity contribution < 1.29 is 13.2 Å². The molecule has 3 heterocycles. The second-order valence-electron chi connectivity index (χ2n) is 9.10. The molecular formula is C25H29N5O3S. The van der Waals surface area contributed by atoms with Crippen LogP contribution >= 0.6 is 0 Å². The number of aryl methyl sites for hydroxylation is 2. The SMILES string of the molecule is CC1c2[nH]c3ccccc3c2CCN1C(=O)CCc1nc2cc(S(=O)(=O)N(C)C)ccc2n1C. The number of amides is 1. The van der Waals surface area contributed by atoms with E-state index < -0.39 is 10.0 Å². The van der Waals surface area contributed by atoms with E-state index >= 15 is 0 Å². The molecular weight excluding hydrogens is 450 g/mol. The lowest BCUT2D eigenvalue weighted by atomic mass is 9.98. The first-order valence-electron chi connectivity index (χ1n) is 11.5. The molecule has 2 aromatic carbocycles. The molecule has 0 aliphatic carbocycles. The van der Waals surface area contributed by atoms with E-state index in [0.29, 0.717) is 24.9 Å². The van der Waals surface area contributed by atoms with Gasteiger partial charge >= 0.3 is 0 Å². The maximum absolute atomic E-state index is 13.2. The topological polar surface area (TPSA) is 91.3 Å². The van der Waals surface area contributed by atoms with Crippen LogP contribution in [0, 0.1) is 0 Å². The van der Waals surface area contributed by atoms with Crippen LogP contribution in [0.3, 0.4) is 0 Å². The molecule has 178 valence electrons. The Morgan fingerprint density at radius 2 is 1.97 bits per heavy atom. The summed E-state index contributed by atoms with van der Waals surface area (Å²) in [5.41, 5.74) is 5.00. The van der Waals surface area contributed by atoms with E-state index in [-0.39, 0.29) is 16.8 Å². The summed E-state index contributed by atoms with van der Waals surface area (Å²) in [7, 11) is 1.38. The molecule has 2 aromatic heterocycles. The van der Waals surface area contributed by atoms with Crippen LogP contribution in [-0.4, -0.2) is 58.7 Å². The molecule has 5 rings (SSSR count). The lowest BCUT2D eigenvalue weighted by Gasteiger charge is -2.33. The third-order valence-electron chi connectivity index (χ3n) is 6.94. The molecule has 34 heavy (non-hydrogen) atoms. The van der Waals surface area contributed by atoms with Crippen LogP contribution in [0.1, 0.15) is 36.5 Å². The van der Waals surface area contributed by atoms with Crippen molar-refractivity contribution in [2.45, 2.75) is 37.1 Å². The highest BCUT2D eigenvalue weighted by Crippen LogP contribution is 2.34. The summed E-state index contributed by atoms with van der Waals surface area (Å²) >= 11 is 0. The number of para-hydroxylation sites is 1. The van der Waals surface area contributed by atoms with Gasteiger partial charge in [0, 0.05) is 57.1 Å². The average molecular weight is 480 g/mol. The monoisotopic (exact) mass is 479 g/mol. The number of carbonyl (C=O) groups is 1. The van der Waals surface area contributed by atoms with Crippen LogP contribution in [0.25, 0.3) is 21.9 Å². The molecule has 9 heteroatoms. The minimum atomic E-state index is -3.53. The van der Waals surface area contributed by atoms with Crippen LogP contribution in [0.2, 0.25) is 0 Å². The van der Waals surface area contributed by atoms with Gasteiger partial charge in [0.2, 0.25) is 15.9 Å². The Morgan fingerprint density at radius 1 is 1.21 bits per heavy atom. The Hall–Kier alpha value is -3.17. The van der Waals surface area contributed by atoms with Gasteiger partial charge in [-0.05, 0) is 43.2 Å². The summed E-state index contributed by atoms with van der Waals surface area (Å²) < 4.78 is 28.1. The van der Waals surface area contributed by atoms with Gasteiger partial charge in [0.1, 0.15) is 5.82 Å². The number of hydrogen-bond donors (Lipinski definition) is 1. The van der Waals surface area contributed by atoms with Gasteiger partial charge in [-0.2, -0.15) is 0 Å². The fourth-order valence-electron chi connectivity index (χ4n) is 4.96. The van der Waals surface area contributed by atoms with Crippen molar-refractivity contribution in [2.24, 2.45) is 7.05 Å². The molecule has 0 bridgehead atoms. The molecule has 4 aromatic rings. The Balaban J connectivity index is 1.34. The highest BCUT2D eigenvalue weighted by Gasteiger charge is 2.30. The summed E-state index contributed by atoms with van der Waals surface area (Å²) in [5.74, 6) is 0.860. The van der Waals surface area contributed by atoms with Gasteiger partial charge in [-0.3, -0.25) is 4.79 Å². The van der Waals surface area contributed by atoms with Crippen LogP contribution in [0.5, 0.6) is 0 Å². The third kappa shape index (κ3) is 3.59. The van der Waals surface area contributed by atoms with Crippen molar-refractivity contribution in [3.05, 3.63) is 59.5 Å². The standard InChI is InChI=1S/C25H29N5O3S/c1-16-25-19(18-7-5-6-8-20(18)27-25)13-14-30(16)24(31)12-11-23-26-21-15-17(34(32,33)28(2)3)9-10-22(21)29(23)4/h5-10,15-16,27H,11-14H2,1-4H3. The van der Waals surface area contributed by atoms with Gasteiger partial charge in [0.25, 0.3) is 0 Å². The number of hydrogen-bond acceptors (Lipinski definition) is 4. The number of aromatic nitrogens is 3. The fourth-order valence-corrected chi connectivity index (χ4v) is 5.88. The number of benzene rings is 2. The zero-order valence-corrected chi connectivity index (χ0v) is 20.7. The first kappa shape index (κ1) is 22.6. The summed E-state index contributed by atoms with van der Waals surface area (Å²) in [5, 5.41) is 1.24. The van der Waals surface area contributed by atoms with Crippen molar-refractivity contribution >= 4 is 37.9 Å². The van der Waals surface area contributed by atoms with Crippen molar-refractivity contribution in [2.75, 3.05) is 20.6 Å². The van der Waals surface area contributed by atoms with Gasteiger partial charge in [0.05, 0.1) is 22.0 Å². The lowest BCUT2D eigenvalue weighted by Crippen LogP contribution is -2.39. The van der Waals surface area contributed by atoms with E-state index in [9.17, 15) is 13.2 Å². The van der Waals surface area contributed by atoms with Crippen molar-refractivity contribution in [3.63, 3.8) is 0 Å². The van der Waals surface area contributed by atoms with Gasteiger partial charge < -0.3 is 14.5 Å². The van der Waals surface area contributed by atoms with E-state index in [4.69, 9.17) is 0 Å². The first-order chi connectivity index (χ1) is 16.2. The minimum absolute atomic E-state index is 0.0112. The van der Waals surface area contributed by atoms with Crippen LogP contribution in [-0.2, 0) is 34.7 Å². The maximum Gasteiger partial charge on any atom is 0.242 e. The quantitative estimate of drug-likeness (QED) is 0.475. The van der Waals surface area contributed by atoms with E-state index in [1.165, 1.54) is 29.4 Å². The predicted molar refractivity (Wildman–Crippen MR) is 132 cm³/mol.